The first-order valence-corrected chi connectivity index (χ1v) is 6.19. The Hall–Kier alpha value is -2.14. The second-order valence-corrected chi connectivity index (χ2v) is 4.45. The summed E-state index contributed by atoms with van der Waals surface area (Å²) in [5, 5.41) is 15.9. The number of aliphatic hydroxyl groups excluding tert-OH is 1. The number of amides is 1. The van der Waals surface area contributed by atoms with E-state index in [1.54, 1.807) is 17.8 Å². The molecule has 0 radical (unpaired) electrons. The molecule has 1 heterocycles. The van der Waals surface area contributed by atoms with Crippen LogP contribution in [0.3, 0.4) is 0 Å². The Morgan fingerprint density at radius 1 is 1.42 bits per heavy atom. The number of carbonyl (C=O) groups is 1. The molecule has 0 aliphatic heterocycles. The molecule has 2 N–H and O–H groups in total. The van der Waals surface area contributed by atoms with E-state index in [0.29, 0.717) is 6.42 Å². The normalized spacial score (nSPS) is 12.1. The highest BCUT2D eigenvalue weighted by molar-refractivity contribution is 5.78. The first-order valence-electron chi connectivity index (χ1n) is 6.19. The molecule has 5 heteroatoms. The van der Waals surface area contributed by atoms with Crippen molar-refractivity contribution in [1.82, 2.24) is 15.1 Å². The van der Waals surface area contributed by atoms with E-state index in [2.05, 4.69) is 10.4 Å². The molecule has 1 aromatic heterocycles. The number of hydrogen-bond donors (Lipinski definition) is 2. The van der Waals surface area contributed by atoms with E-state index in [-0.39, 0.29) is 12.5 Å². The minimum Gasteiger partial charge on any atom is -0.392 e. The van der Waals surface area contributed by atoms with Gasteiger partial charge in [-0.3, -0.25) is 4.79 Å². The summed E-state index contributed by atoms with van der Waals surface area (Å²) in [5.41, 5.74) is 1.89. The summed E-state index contributed by atoms with van der Waals surface area (Å²) in [7, 11) is 0. The molecule has 0 aliphatic rings. The van der Waals surface area contributed by atoms with Crippen LogP contribution in [0.15, 0.2) is 42.7 Å². The second kappa shape index (κ2) is 6.15. The Morgan fingerprint density at radius 2 is 2.16 bits per heavy atom. The quantitative estimate of drug-likeness (QED) is 0.838. The van der Waals surface area contributed by atoms with Crippen molar-refractivity contribution < 1.29 is 9.90 Å². The molecule has 0 aliphatic carbocycles. The Kier molecular flexibility index (Phi) is 4.30. The van der Waals surface area contributed by atoms with Gasteiger partial charge in [0.1, 0.15) is 0 Å². The Balaban J connectivity index is 1.94. The van der Waals surface area contributed by atoms with Gasteiger partial charge in [-0.2, -0.15) is 5.10 Å². The first-order chi connectivity index (χ1) is 9.15. The van der Waals surface area contributed by atoms with Crippen LogP contribution in [0, 0.1) is 0 Å². The van der Waals surface area contributed by atoms with Crippen molar-refractivity contribution in [1.29, 1.82) is 0 Å². The minimum atomic E-state index is -0.522. The van der Waals surface area contributed by atoms with Crippen molar-refractivity contribution in [3.8, 4) is 5.69 Å². The maximum absolute atomic E-state index is 11.6. The maximum Gasteiger partial charge on any atom is 0.224 e. The van der Waals surface area contributed by atoms with Gasteiger partial charge in [-0.15, -0.1) is 0 Å². The molecule has 0 saturated heterocycles. The number of benzene rings is 1. The number of rotatable bonds is 5. The number of aromatic nitrogens is 2. The van der Waals surface area contributed by atoms with Crippen molar-refractivity contribution in [2.75, 3.05) is 6.54 Å². The third-order valence-electron chi connectivity index (χ3n) is 2.66. The number of carbonyl (C=O) groups excluding carboxylic acids is 1. The largest absolute Gasteiger partial charge is 0.392 e. The van der Waals surface area contributed by atoms with Gasteiger partial charge in [0, 0.05) is 18.9 Å². The fourth-order valence-electron chi connectivity index (χ4n) is 1.70. The lowest BCUT2D eigenvalue weighted by Gasteiger charge is -2.07. The van der Waals surface area contributed by atoms with E-state index in [1.807, 2.05) is 36.5 Å². The van der Waals surface area contributed by atoms with Crippen molar-refractivity contribution in [3.63, 3.8) is 0 Å². The molecule has 100 valence electrons. The standard InChI is InChI=1S/C14H17N3O2/c1-11(18)10-15-14(19)9-12-3-5-13(6-4-12)17-8-2-7-16-17/h2-8,11,18H,9-10H2,1H3,(H,15,19). The van der Waals surface area contributed by atoms with Crippen LogP contribution in [-0.4, -0.2) is 33.4 Å². The summed E-state index contributed by atoms with van der Waals surface area (Å²) >= 11 is 0. The molecule has 0 spiro atoms. The van der Waals surface area contributed by atoms with Gasteiger partial charge in [0.05, 0.1) is 18.2 Å². The summed E-state index contributed by atoms with van der Waals surface area (Å²) < 4.78 is 1.76. The minimum absolute atomic E-state index is 0.0901. The van der Waals surface area contributed by atoms with Gasteiger partial charge in [-0.25, -0.2) is 4.68 Å². The Morgan fingerprint density at radius 3 is 2.74 bits per heavy atom. The first kappa shape index (κ1) is 13.3. The molecule has 2 rings (SSSR count). The van der Waals surface area contributed by atoms with Gasteiger partial charge in [0.15, 0.2) is 0 Å². The molecule has 19 heavy (non-hydrogen) atoms. The van der Waals surface area contributed by atoms with Gasteiger partial charge < -0.3 is 10.4 Å². The van der Waals surface area contributed by atoms with Crippen molar-refractivity contribution in [3.05, 3.63) is 48.3 Å². The summed E-state index contributed by atoms with van der Waals surface area (Å²) in [5.74, 6) is -0.0901. The number of nitrogens with one attached hydrogen (secondary N) is 1. The summed E-state index contributed by atoms with van der Waals surface area (Å²) in [6.45, 7) is 1.92. The zero-order valence-electron chi connectivity index (χ0n) is 10.8. The predicted molar refractivity (Wildman–Crippen MR) is 72.0 cm³/mol. The van der Waals surface area contributed by atoms with Crippen LogP contribution in [0.4, 0.5) is 0 Å². The van der Waals surface area contributed by atoms with E-state index in [9.17, 15) is 4.79 Å². The summed E-state index contributed by atoms with van der Waals surface area (Å²) in [6.07, 6.45) is 3.37. The zero-order valence-corrected chi connectivity index (χ0v) is 10.8. The second-order valence-electron chi connectivity index (χ2n) is 4.45. The molecule has 1 amide bonds. The Bertz CT molecular complexity index is 518. The van der Waals surface area contributed by atoms with Crippen LogP contribution in [0.2, 0.25) is 0 Å². The predicted octanol–water partition coefficient (Wildman–Crippen LogP) is 0.912. The fraction of sp³-hybridized carbons (Fsp3) is 0.286. The summed E-state index contributed by atoms with van der Waals surface area (Å²) in [4.78, 5) is 11.6. The molecular weight excluding hydrogens is 242 g/mol. The molecule has 2 aromatic rings. The molecule has 1 aromatic carbocycles. The van der Waals surface area contributed by atoms with Crippen LogP contribution in [-0.2, 0) is 11.2 Å². The molecule has 1 atom stereocenters. The lowest BCUT2D eigenvalue weighted by Crippen LogP contribution is -2.31. The average molecular weight is 259 g/mol. The van der Waals surface area contributed by atoms with E-state index in [1.165, 1.54) is 0 Å². The average Bonchev–Trinajstić information content (AvgIpc) is 2.91. The van der Waals surface area contributed by atoms with Crippen molar-refractivity contribution in [2.45, 2.75) is 19.4 Å². The summed E-state index contributed by atoms with van der Waals surface area (Å²) in [6, 6.07) is 9.50. The highest BCUT2D eigenvalue weighted by Crippen LogP contribution is 2.09. The highest BCUT2D eigenvalue weighted by Gasteiger charge is 2.05. The molecular formula is C14H17N3O2. The Labute approximate surface area is 111 Å². The van der Waals surface area contributed by atoms with E-state index >= 15 is 0 Å². The topological polar surface area (TPSA) is 67.2 Å². The number of hydrogen-bond acceptors (Lipinski definition) is 3. The van der Waals surface area contributed by atoms with Crippen LogP contribution < -0.4 is 5.32 Å². The molecule has 5 nitrogen and oxygen atoms in total. The van der Waals surface area contributed by atoms with Crippen molar-refractivity contribution in [2.24, 2.45) is 0 Å². The maximum atomic E-state index is 11.6. The monoisotopic (exact) mass is 259 g/mol. The van der Waals surface area contributed by atoms with E-state index < -0.39 is 6.10 Å². The lowest BCUT2D eigenvalue weighted by atomic mass is 10.1. The highest BCUT2D eigenvalue weighted by atomic mass is 16.3. The van der Waals surface area contributed by atoms with Crippen molar-refractivity contribution >= 4 is 5.91 Å². The zero-order chi connectivity index (χ0) is 13.7. The van der Waals surface area contributed by atoms with E-state index in [4.69, 9.17) is 5.11 Å². The van der Waals surface area contributed by atoms with Crippen LogP contribution in [0.5, 0.6) is 0 Å². The van der Waals surface area contributed by atoms with E-state index in [0.717, 1.165) is 11.3 Å². The van der Waals surface area contributed by atoms with Gasteiger partial charge in [-0.1, -0.05) is 12.1 Å². The van der Waals surface area contributed by atoms with Crippen LogP contribution >= 0.6 is 0 Å². The fourth-order valence-corrected chi connectivity index (χ4v) is 1.70. The molecule has 0 fully saturated rings. The van der Waals surface area contributed by atoms with Crippen LogP contribution in [0.25, 0.3) is 5.69 Å². The number of nitrogens with zero attached hydrogens (tertiary/aromatic N) is 2. The smallest absolute Gasteiger partial charge is 0.224 e. The molecule has 1 unspecified atom stereocenters. The third kappa shape index (κ3) is 3.93. The molecule has 0 bridgehead atoms. The SMILES string of the molecule is CC(O)CNC(=O)Cc1ccc(-n2cccn2)cc1. The van der Waals surface area contributed by atoms with Gasteiger partial charge in [0.2, 0.25) is 5.91 Å². The van der Waals surface area contributed by atoms with Gasteiger partial charge in [-0.05, 0) is 30.7 Å². The third-order valence-corrected chi connectivity index (χ3v) is 2.66. The lowest BCUT2D eigenvalue weighted by molar-refractivity contribution is -0.120. The molecule has 0 saturated carbocycles. The number of aliphatic hydroxyl groups is 1. The van der Waals surface area contributed by atoms with Gasteiger partial charge in [0.25, 0.3) is 0 Å². The van der Waals surface area contributed by atoms with Gasteiger partial charge >= 0.3 is 0 Å². The van der Waals surface area contributed by atoms with Crippen LogP contribution in [0.1, 0.15) is 12.5 Å².